The van der Waals surface area contributed by atoms with E-state index in [9.17, 15) is 0 Å². The van der Waals surface area contributed by atoms with Crippen LogP contribution in [0.15, 0.2) is 42.5 Å². The van der Waals surface area contributed by atoms with Crippen LogP contribution in [0, 0.1) is 6.92 Å². The topological polar surface area (TPSA) is 61.3 Å². The summed E-state index contributed by atoms with van der Waals surface area (Å²) in [6.45, 7) is 1.98. The van der Waals surface area contributed by atoms with Crippen LogP contribution in [0.3, 0.4) is 0 Å². The first-order valence-corrected chi connectivity index (χ1v) is 5.06. The number of rotatable bonds is 2. The molecule has 0 aliphatic carbocycles. The highest BCUT2D eigenvalue weighted by molar-refractivity contribution is 5.85. The van der Waals surface area contributed by atoms with Gasteiger partial charge in [-0.2, -0.15) is 0 Å². The fraction of sp³-hybridized carbons (Fsp3) is 0.0769. The number of nitrogen functional groups attached to an aromatic ring is 2. The summed E-state index contributed by atoms with van der Waals surface area (Å²) in [5, 5.41) is 0. The SMILES string of the molecule is Cc1ccccc1Oc1c(N)cccc1N.Cl.Cl. The summed E-state index contributed by atoms with van der Waals surface area (Å²) in [5.74, 6) is 1.30. The van der Waals surface area contributed by atoms with Gasteiger partial charge in [-0.25, -0.2) is 0 Å². The van der Waals surface area contributed by atoms with E-state index in [0.717, 1.165) is 11.3 Å². The fourth-order valence-electron chi connectivity index (χ4n) is 1.47. The van der Waals surface area contributed by atoms with Crippen LogP contribution in [0.1, 0.15) is 5.56 Å². The van der Waals surface area contributed by atoms with Crippen LogP contribution >= 0.6 is 24.8 Å². The zero-order chi connectivity index (χ0) is 11.5. The monoisotopic (exact) mass is 286 g/mol. The lowest BCUT2D eigenvalue weighted by atomic mass is 10.2. The maximum Gasteiger partial charge on any atom is 0.173 e. The Hall–Kier alpha value is -1.58. The summed E-state index contributed by atoms with van der Waals surface area (Å²) in [6, 6.07) is 13.1. The normalized spacial score (nSPS) is 8.94. The smallest absolute Gasteiger partial charge is 0.173 e. The van der Waals surface area contributed by atoms with Gasteiger partial charge in [-0.05, 0) is 30.7 Å². The molecule has 0 radical (unpaired) electrons. The van der Waals surface area contributed by atoms with Crippen molar-refractivity contribution < 1.29 is 4.74 Å². The quantitative estimate of drug-likeness (QED) is 0.826. The van der Waals surface area contributed by atoms with E-state index in [1.54, 1.807) is 18.2 Å². The van der Waals surface area contributed by atoms with Gasteiger partial charge in [0, 0.05) is 0 Å². The molecule has 0 aromatic heterocycles. The number of ether oxygens (including phenoxy) is 1. The number of halogens is 2. The van der Waals surface area contributed by atoms with Crippen molar-refractivity contribution in [1.29, 1.82) is 0 Å². The van der Waals surface area contributed by atoms with E-state index >= 15 is 0 Å². The third-order valence-corrected chi connectivity index (χ3v) is 2.38. The second kappa shape index (κ2) is 6.99. The molecule has 0 aliphatic rings. The van der Waals surface area contributed by atoms with Crippen molar-refractivity contribution in [2.45, 2.75) is 6.92 Å². The molecule has 0 unspecified atom stereocenters. The maximum absolute atomic E-state index is 5.81. The summed E-state index contributed by atoms with van der Waals surface area (Å²) in [7, 11) is 0. The second-order valence-electron chi connectivity index (χ2n) is 3.63. The molecule has 0 saturated heterocycles. The van der Waals surface area contributed by atoms with E-state index < -0.39 is 0 Å². The van der Waals surface area contributed by atoms with E-state index in [2.05, 4.69) is 0 Å². The van der Waals surface area contributed by atoms with Crippen LogP contribution in [0.25, 0.3) is 0 Å². The van der Waals surface area contributed by atoms with Crippen molar-refractivity contribution in [2.75, 3.05) is 11.5 Å². The van der Waals surface area contributed by atoms with Gasteiger partial charge in [0.05, 0.1) is 11.4 Å². The Morgan fingerprint density at radius 3 is 1.94 bits per heavy atom. The predicted molar refractivity (Wildman–Crippen MR) is 81.0 cm³/mol. The average molecular weight is 287 g/mol. The Morgan fingerprint density at radius 2 is 1.39 bits per heavy atom. The van der Waals surface area contributed by atoms with Gasteiger partial charge in [-0.3, -0.25) is 0 Å². The molecule has 0 fully saturated rings. The highest BCUT2D eigenvalue weighted by Crippen LogP contribution is 2.34. The predicted octanol–water partition coefficient (Wildman–Crippen LogP) is 3.80. The zero-order valence-electron chi connectivity index (χ0n) is 9.92. The van der Waals surface area contributed by atoms with E-state index in [4.69, 9.17) is 16.2 Å². The molecule has 2 rings (SSSR count). The molecule has 3 nitrogen and oxygen atoms in total. The molecular weight excluding hydrogens is 271 g/mol. The molecule has 0 aliphatic heterocycles. The number of anilines is 2. The van der Waals surface area contributed by atoms with Crippen molar-refractivity contribution in [1.82, 2.24) is 0 Å². The zero-order valence-corrected chi connectivity index (χ0v) is 11.6. The number of hydrogen-bond donors (Lipinski definition) is 2. The van der Waals surface area contributed by atoms with Gasteiger partial charge < -0.3 is 16.2 Å². The van der Waals surface area contributed by atoms with Crippen LogP contribution in [-0.2, 0) is 0 Å². The Labute approximate surface area is 119 Å². The van der Waals surface area contributed by atoms with Gasteiger partial charge in [-0.15, -0.1) is 24.8 Å². The average Bonchev–Trinajstić information content (AvgIpc) is 2.26. The lowest BCUT2D eigenvalue weighted by Crippen LogP contribution is -1.97. The third-order valence-electron chi connectivity index (χ3n) is 2.38. The van der Waals surface area contributed by atoms with Crippen LogP contribution in [-0.4, -0.2) is 0 Å². The number of para-hydroxylation sites is 2. The number of benzene rings is 2. The number of nitrogens with two attached hydrogens (primary N) is 2. The molecule has 4 N–H and O–H groups in total. The Morgan fingerprint density at radius 1 is 0.833 bits per heavy atom. The number of hydrogen-bond acceptors (Lipinski definition) is 3. The summed E-state index contributed by atoms with van der Waals surface area (Å²) in [6.07, 6.45) is 0. The van der Waals surface area contributed by atoms with Crippen LogP contribution in [0.4, 0.5) is 11.4 Å². The molecule has 0 heterocycles. The Kier molecular flexibility index (Phi) is 6.37. The number of aryl methyl sites for hydroxylation is 1. The summed E-state index contributed by atoms with van der Waals surface area (Å²) >= 11 is 0. The van der Waals surface area contributed by atoms with Crippen molar-refractivity contribution in [2.24, 2.45) is 0 Å². The Balaban J connectivity index is 0.00000144. The van der Waals surface area contributed by atoms with Gasteiger partial charge in [0.1, 0.15) is 5.75 Å². The van der Waals surface area contributed by atoms with Gasteiger partial charge in [0.25, 0.3) is 0 Å². The summed E-state index contributed by atoms with van der Waals surface area (Å²) < 4.78 is 5.72. The van der Waals surface area contributed by atoms with Crippen molar-refractivity contribution in [3.8, 4) is 11.5 Å². The molecule has 18 heavy (non-hydrogen) atoms. The third kappa shape index (κ3) is 3.45. The van der Waals surface area contributed by atoms with E-state index in [1.807, 2.05) is 31.2 Å². The maximum atomic E-state index is 5.81. The fourth-order valence-corrected chi connectivity index (χ4v) is 1.47. The highest BCUT2D eigenvalue weighted by Gasteiger charge is 2.07. The minimum Gasteiger partial charge on any atom is -0.453 e. The van der Waals surface area contributed by atoms with Crippen molar-refractivity contribution >= 4 is 36.2 Å². The minimum atomic E-state index is 0. The lowest BCUT2D eigenvalue weighted by Gasteiger charge is -2.12. The van der Waals surface area contributed by atoms with Gasteiger partial charge in [0.2, 0.25) is 0 Å². The van der Waals surface area contributed by atoms with Crippen LogP contribution in [0.5, 0.6) is 11.5 Å². The lowest BCUT2D eigenvalue weighted by molar-refractivity contribution is 0.483. The molecule has 2 aromatic carbocycles. The van der Waals surface area contributed by atoms with Gasteiger partial charge in [-0.1, -0.05) is 24.3 Å². The van der Waals surface area contributed by atoms with Crippen LogP contribution < -0.4 is 16.2 Å². The van der Waals surface area contributed by atoms with Gasteiger partial charge >= 0.3 is 0 Å². The highest BCUT2D eigenvalue weighted by atomic mass is 35.5. The molecule has 5 heteroatoms. The second-order valence-corrected chi connectivity index (χ2v) is 3.63. The minimum absolute atomic E-state index is 0. The van der Waals surface area contributed by atoms with Crippen LogP contribution in [0.2, 0.25) is 0 Å². The molecule has 98 valence electrons. The van der Waals surface area contributed by atoms with E-state index in [-0.39, 0.29) is 24.8 Å². The molecule has 0 atom stereocenters. The molecule has 0 amide bonds. The molecule has 0 bridgehead atoms. The van der Waals surface area contributed by atoms with Gasteiger partial charge in [0.15, 0.2) is 5.75 Å². The molecule has 0 saturated carbocycles. The van der Waals surface area contributed by atoms with E-state index in [1.165, 1.54) is 0 Å². The molecule has 0 spiro atoms. The largest absolute Gasteiger partial charge is 0.453 e. The summed E-state index contributed by atoms with van der Waals surface area (Å²) in [5.41, 5.74) is 13.8. The molecule has 2 aromatic rings. The summed E-state index contributed by atoms with van der Waals surface area (Å²) in [4.78, 5) is 0. The van der Waals surface area contributed by atoms with E-state index in [0.29, 0.717) is 17.1 Å². The Bertz CT molecular complexity index is 498. The first-order valence-electron chi connectivity index (χ1n) is 5.06. The molecular formula is C13H16Cl2N2O. The van der Waals surface area contributed by atoms with Crippen molar-refractivity contribution in [3.63, 3.8) is 0 Å². The van der Waals surface area contributed by atoms with Crippen molar-refractivity contribution in [3.05, 3.63) is 48.0 Å². The first-order chi connectivity index (χ1) is 7.68. The standard InChI is InChI=1S/C13H14N2O.2ClH/c1-9-5-2-3-8-12(9)16-13-10(14)6-4-7-11(13)15;;/h2-8H,14-15H2,1H3;2*1H. The first kappa shape index (κ1) is 16.4.